The van der Waals surface area contributed by atoms with Crippen LogP contribution in [-0.2, 0) is 65.5 Å². The average molecular weight is 935 g/mol. The molecule has 2 fully saturated rings. The predicted molar refractivity (Wildman–Crippen MR) is 241 cm³/mol. The third-order valence-corrected chi connectivity index (χ3v) is 12.5. The quantitative estimate of drug-likeness (QED) is 0.0671. The lowest BCUT2D eigenvalue weighted by Crippen LogP contribution is -2.69. The zero-order valence-corrected chi connectivity index (χ0v) is 37.7. The zero-order chi connectivity index (χ0) is 47.0. The highest BCUT2D eigenvalue weighted by Gasteiger charge is 2.56. The number of nitrogens with one attached hydrogen (secondary N) is 1. The Balaban J connectivity index is 1.16. The van der Waals surface area contributed by atoms with E-state index >= 15 is 0 Å². The third-order valence-electron chi connectivity index (χ3n) is 11.3. The number of hydrogen-bond donors (Lipinski definition) is 2. The van der Waals surface area contributed by atoms with Crippen LogP contribution >= 0.6 is 11.8 Å². The van der Waals surface area contributed by atoms with Gasteiger partial charge in [0, 0.05) is 25.7 Å². The van der Waals surface area contributed by atoms with Crippen molar-refractivity contribution in [3.05, 3.63) is 150 Å². The van der Waals surface area contributed by atoms with Crippen LogP contribution in [0.3, 0.4) is 0 Å². The lowest BCUT2D eigenvalue weighted by Gasteiger charge is -2.49. The molecule has 350 valence electrons. The van der Waals surface area contributed by atoms with Gasteiger partial charge in [-0.1, -0.05) is 109 Å². The molecular weight excluding hydrogens is 885 g/mol. The molecule has 0 aromatic heterocycles. The Morgan fingerprint density at radius 2 is 1.25 bits per heavy atom. The van der Waals surface area contributed by atoms with Gasteiger partial charge in [0.05, 0.1) is 37.0 Å². The van der Waals surface area contributed by atoms with Crippen molar-refractivity contribution in [2.24, 2.45) is 0 Å². The Kier molecular flexibility index (Phi) is 15.4. The number of benzene rings is 5. The number of carbonyl (C=O) groups is 5. The first-order valence-corrected chi connectivity index (χ1v) is 22.6. The average Bonchev–Trinajstić information content (AvgIpc) is 3.56. The molecule has 0 bridgehead atoms. The van der Waals surface area contributed by atoms with Crippen molar-refractivity contribution in [1.29, 1.82) is 0 Å². The van der Waals surface area contributed by atoms with E-state index in [9.17, 15) is 29.1 Å². The Hall–Kier alpha value is -6.02. The van der Waals surface area contributed by atoms with Crippen LogP contribution < -0.4 is 5.43 Å². The first kappa shape index (κ1) is 47.5. The van der Waals surface area contributed by atoms with Crippen LogP contribution in [0.25, 0.3) is 10.8 Å². The van der Waals surface area contributed by atoms with E-state index in [-0.39, 0.29) is 30.9 Å². The van der Waals surface area contributed by atoms with Gasteiger partial charge in [0.25, 0.3) is 11.8 Å². The van der Waals surface area contributed by atoms with Crippen LogP contribution in [0.2, 0.25) is 0 Å². The molecule has 10 atom stereocenters. The van der Waals surface area contributed by atoms with Gasteiger partial charge >= 0.3 is 17.9 Å². The van der Waals surface area contributed by atoms with E-state index in [0.29, 0.717) is 0 Å². The molecule has 2 saturated heterocycles. The number of ether oxygens (including phenoxy) is 8. The Labute approximate surface area is 390 Å². The van der Waals surface area contributed by atoms with Crippen molar-refractivity contribution < 1.29 is 67.0 Å². The van der Waals surface area contributed by atoms with Crippen LogP contribution in [0.1, 0.15) is 52.6 Å². The second kappa shape index (κ2) is 21.7. The molecule has 3 aliphatic heterocycles. The molecule has 0 unspecified atom stereocenters. The molecule has 0 saturated carbocycles. The highest BCUT2D eigenvalue weighted by molar-refractivity contribution is 7.99. The molecular formula is C50H50N2O14S. The standard InChI is InChI=1S/C50H50N2O14S/c1-29(53)60-28-40-44(62-30(2)54)45(61-26-33-22-23-34-16-10-11-17-35(34)24-33)46(63-31(3)55)49(64-40)66-43-39(27-59-25-32-14-6-4-7-15-32)65-50(67-36-18-8-5-9-19-36)41(42(43)56)51-52-47(57)37-20-12-13-21-38(37)48(52)58/h4-24,39-46,49-51,56H,25-28H2,1-3H3/t39-,40-,41-,42-,43-,44+,45+,46-,49+,50+/m1/s1. The third kappa shape index (κ3) is 11.4. The molecule has 5 aromatic carbocycles. The lowest BCUT2D eigenvalue weighted by atomic mass is 9.96. The van der Waals surface area contributed by atoms with E-state index in [1.807, 2.05) is 103 Å². The maximum atomic E-state index is 13.8. The minimum atomic E-state index is -1.61. The Bertz CT molecular complexity index is 2510. The van der Waals surface area contributed by atoms with Gasteiger partial charge in [0.15, 0.2) is 18.5 Å². The van der Waals surface area contributed by atoms with Crippen LogP contribution in [0.15, 0.2) is 132 Å². The van der Waals surface area contributed by atoms with E-state index in [2.05, 4.69) is 5.43 Å². The van der Waals surface area contributed by atoms with E-state index in [0.717, 1.165) is 31.8 Å². The summed E-state index contributed by atoms with van der Waals surface area (Å²) in [6.45, 7) is 3.07. The summed E-state index contributed by atoms with van der Waals surface area (Å²) in [5.74, 6) is -3.42. The molecule has 5 aromatic rings. The summed E-state index contributed by atoms with van der Waals surface area (Å²) in [6, 6.07) is 37.3. The highest BCUT2D eigenvalue weighted by Crippen LogP contribution is 2.38. The van der Waals surface area contributed by atoms with Crippen LogP contribution in [-0.4, -0.2) is 114 Å². The molecule has 3 heterocycles. The fraction of sp³-hybridized carbons (Fsp3) is 0.340. The van der Waals surface area contributed by atoms with Crippen molar-refractivity contribution in [3.63, 3.8) is 0 Å². The van der Waals surface area contributed by atoms with E-state index in [4.69, 9.17) is 37.9 Å². The van der Waals surface area contributed by atoms with Gasteiger partial charge in [-0.15, -0.1) is 0 Å². The summed E-state index contributed by atoms with van der Waals surface area (Å²) in [5.41, 5.74) is 3.94. The number of nitrogens with zero attached hydrogens (tertiary/aromatic N) is 1. The lowest BCUT2D eigenvalue weighted by molar-refractivity contribution is -0.341. The van der Waals surface area contributed by atoms with Crippen LogP contribution in [0, 0.1) is 0 Å². The largest absolute Gasteiger partial charge is 0.463 e. The highest BCUT2D eigenvalue weighted by atomic mass is 32.2. The Morgan fingerprint density at radius 3 is 1.93 bits per heavy atom. The van der Waals surface area contributed by atoms with Crippen molar-refractivity contribution in [3.8, 4) is 0 Å². The monoisotopic (exact) mass is 934 g/mol. The van der Waals surface area contributed by atoms with E-state index in [1.54, 1.807) is 12.1 Å². The Morgan fingerprint density at radius 1 is 0.642 bits per heavy atom. The second-order valence-electron chi connectivity index (χ2n) is 16.2. The van der Waals surface area contributed by atoms with E-state index < -0.39 is 96.8 Å². The maximum Gasteiger partial charge on any atom is 0.303 e. The number of aliphatic hydroxyl groups excluding tert-OH is 1. The fourth-order valence-corrected chi connectivity index (χ4v) is 9.40. The second-order valence-corrected chi connectivity index (χ2v) is 17.3. The molecule has 2 N–H and O–H groups in total. The van der Waals surface area contributed by atoms with Gasteiger partial charge in [0.1, 0.15) is 42.6 Å². The van der Waals surface area contributed by atoms with Crippen molar-refractivity contribution >= 4 is 52.3 Å². The fourth-order valence-electron chi connectivity index (χ4n) is 8.25. The first-order chi connectivity index (χ1) is 32.4. The van der Waals surface area contributed by atoms with Crippen molar-refractivity contribution in [2.75, 3.05) is 13.2 Å². The van der Waals surface area contributed by atoms with Crippen LogP contribution in [0.4, 0.5) is 0 Å². The molecule has 16 nitrogen and oxygen atoms in total. The normalized spacial score (nSPS) is 25.9. The summed E-state index contributed by atoms with van der Waals surface area (Å²) in [5, 5.41) is 15.5. The van der Waals surface area contributed by atoms with Crippen molar-refractivity contribution in [1.82, 2.24) is 10.4 Å². The number of amides is 2. The number of carbonyl (C=O) groups excluding carboxylic acids is 5. The smallest absolute Gasteiger partial charge is 0.303 e. The zero-order valence-electron chi connectivity index (χ0n) is 36.8. The molecule has 0 radical (unpaired) electrons. The van der Waals surface area contributed by atoms with Crippen molar-refractivity contribution in [2.45, 2.75) is 99.4 Å². The maximum absolute atomic E-state index is 13.8. The van der Waals surface area contributed by atoms with Crippen LogP contribution in [0.5, 0.6) is 0 Å². The van der Waals surface area contributed by atoms with Gasteiger partial charge in [-0.05, 0) is 52.2 Å². The SMILES string of the molecule is CC(=O)OC[C@H]1O[C@@H](O[C@H]2[C@H](O)[C@@H](NN3C(=O)c4ccccc4C3=O)[C@H](Sc3ccccc3)O[C@@H]2COCc2ccccc2)[C@H](OC(C)=O)[C@@H](OCc2ccc3ccccc3c2)[C@H]1OC(C)=O. The molecule has 3 aliphatic rings. The van der Waals surface area contributed by atoms with E-state index in [1.165, 1.54) is 44.7 Å². The van der Waals surface area contributed by atoms with Gasteiger partial charge < -0.3 is 43.0 Å². The number of thioether (sulfide) groups is 1. The number of rotatable bonds is 17. The van der Waals surface area contributed by atoms with Gasteiger partial charge in [-0.2, -0.15) is 0 Å². The summed E-state index contributed by atoms with van der Waals surface area (Å²) in [6.07, 6.45) is -11.1. The number of aliphatic hydroxyl groups is 1. The number of imide groups is 1. The van der Waals surface area contributed by atoms with Gasteiger partial charge in [-0.3, -0.25) is 24.0 Å². The molecule has 0 aliphatic carbocycles. The summed E-state index contributed by atoms with van der Waals surface area (Å²) < 4.78 is 49.9. The summed E-state index contributed by atoms with van der Waals surface area (Å²) in [4.78, 5) is 66.3. The predicted octanol–water partition coefficient (Wildman–Crippen LogP) is 5.53. The molecule has 2 amide bonds. The number of esters is 3. The summed E-state index contributed by atoms with van der Waals surface area (Å²) in [7, 11) is 0. The summed E-state index contributed by atoms with van der Waals surface area (Å²) >= 11 is 1.24. The molecule has 8 rings (SSSR count). The molecule has 17 heteroatoms. The molecule has 67 heavy (non-hydrogen) atoms. The number of fused-ring (bicyclic) bond motifs is 2. The minimum absolute atomic E-state index is 0.0617. The number of hydrogen-bond acceptors (Lipinski definition) is 16. The first-order valence-electron chi connectivity index (χ1n) is 21.7. The minimum Gasteiger partial charge on any atom is -0.463 e. The number of hydrazine groups is 1. The van der Waals surface area contributed by atoms with Gasteiger partial charge in [0.2, 0.25) is 0 Å². The van der Waals surface area contributed by atoms with Gasteiger partial charge in [-0.25, -0.2) is 10.4 Å². The topological polar surface area (TPSA) is 195 Å². The molecule has 0 spiro atoms.